The van der Waals surface area contributed by atoms with Crippen LogP contribution in [0, 0.1) is 0 Å². The Bertz CT molecular complexity index is 238. The SMILES string of the molecule is CCCCNc1ccncc1O. The van der Waals surface area contributed by atoms with Crippen LogP contribution in [-0.2, 0) is 0 Å². The van der Waals surface area contributed by atoms with Crippen LogP contribution >= 0.6 is 0 Å². The molecule has 1 rings (SSSR count). The van der Waals surface area contributed by atoms with Crippen LogP contribution in [0.4, 0.5) is 5.69 Å². The van der Waals surface area contributed by atoms with Gasteiger partial charge < -0.3 is 10.4 Å². The predicted molar refractivity (Wildman–Crippen MR) is 49.3 cm³/mol. The molecule has 0 spiro atoms. The molecule has 0 aromatic carbocycles. The summed E-state index contributed by atoms with van der Waals surface area (Å²) in [6.45, 7) is 3.03. The van der Waals surface area contributed by atoms with E-state index in [1.807, 2.05) is 0 Å². The van der Waals surface area contributed by atoms with E-state index in [-0.39, 0.29) is 5.75 Å². The average Bonchev–Trinajstić information content (AvgIpc) is 2.09. The van der Waals surface area contributed by atoms with Gasteiger partial charge in [0.2, 0.25) is 0 Å². The molecule has 3 heteroatoms. The molecule has 0 atom stereocenters. The standard InChI is InChI=1S/C9H14N2O/c1-2-3-5-11-8-4-6-10-7-9(8)12/h4,6-7,12H,2-3,5H2,1H3,(H,10,11). The van der Waals surface area contributed by atoms with Crippen molar-refractivity contribution in [3.63, 3.8) is 0 Å². The van der Waals surface area contributed by atoms with Crippen molar-refractivity contribution < 1.29 is 5.11 Å². The van der Waals surface area contributed by atoms with Gasteiger partial charge in [0.25, 0.3) is 0 Å². The number of pyridine rings is 1. The Morgan fingerprint density at radius 3 is 3.08 bits per heavy atom. The Balaban J connectivity index is 2.46. The van der Waals surface area contributed by atoms with Crippen LogP contribution in [0.2, 0.25) is 0 Å². The van der Waals surface area contributed by atoms with E-state index in [0.29, 0.717) is 0 Å². The summed E-state index contributed by atoms with van der Waals surface area (Å²) < 4.78 is 0. The van der Waals surface area contributed by atoms with Crippen molar-refractivity contribution in [2.75, 3.05) is 11.9 Å². The lowest BCUT2D eigenvalue weighted by Gasteiger charge is -2.05. The molecule has 0 fully saturated rings. The first kappa shape index (κ1) is 8.84. The van der Waals surface area contributed by atoms with Gasteiger partial charge in [-0.05, 0) is 12.5 Å². The minimum Gasteiger partial charge on any atom is -0.504 e. The maximum Gasteiger partial charge on any atom is 0.157 e. The van der Waals surface area contributed by atoms with E-state index >= 15 is 0 Å². The number of unbranched alkanes of at least 4 members (excludes halogenated alkanes) is 1. The summed E-state index contributed by atoms with van der Waals surface area (Å²) in [5.41, 5.74) is 0.762. The molecule has 0 radical (unpaired) electrons. The van der Waals surface area contributed by atoms with Crippen LogP contribution < -0.4 is 5.32 Å². The zero-order valence-corrected chi connectivity index (χ0v) is 7.25. The fourth-order valence-corrected chi connectivity index (χ4v) is 0.935. The van der Waals surface area contributed by atoms with E-state index in [9.17, 15) is 5.11 Å². The predicted octanol–water partition coefficient (Wildman–Crippen LogP) is 2.00. The molecule has 0 saturated heterocycles. The Morgan fingerprint density at radius 1 is 1.58 bits per heavy atom. The summed E-state index contributed by atoms with van der Waals surface area (Å²) in [5, 5.41) is 12.4. The van der Waals surface area contributed by atoms with Gasteiger partial charge >= 0.3 is 0 Å². The van der Waals surface area contributed by atoms with Crippen LogP contribution in [0.3, 0.4) is 0 Å². The maximum absolute atomic E-state index is 9.28. The van der Waals surface area contributed by atoms with E-state index < -0.39 is 0 Å². The van der Waals surface area contributed by atoms with Gasteiger partial charge in [-0.3, -0.25) is 4.98 Å². The van der Waals surface area contributed by atoms with Crippen LogP contribution in [0.1, 0.15) is 19.8 Å². The lowest BCUT2D eigenvalue weighted by Crippen LogP contribution is -2.00. The normalized spacial score (nSPS) is 9.75. The number of hydrogen-bond donors (Lipinski definition) is 2. The summed E-state index contributed by atoms with van der Waals surface area (Å²) >= 11 is 0. The summed E-state index contributed by atoms with van der Waals surface area (Å²) in [7, 11) is 0. The molecule has 0 bridgehead atoms. The van der Waals surface area contributed by atoms with Gasteiger partial charge in [0.15, 0.2) is 5.75 Å². The maximum atomic E-state index is 9.28. The monoisotopic (exact) mass is 166 g/mol. The molecule has 0 aliphatic heterocycles. The van der Waals surface area contributed by atoms with Crippen molar-refractivity contribution in [1.29, 1.82) is 0 Å². The van der Waals surface area contributed by atoms with Crippen molar-refractivity contribution in [2.24, 2.45) is 0 Å². The molecule has 1 aromatic rings. The molecular weight excluding hydrogens is 152 g/mol. The zero-order chi connectivity index (χ0) is 8.81. The summed E-state index contributed by atoms with van der Waals surface area (Å²) in [5.74, 6) is 0.216. The minimum atomic E-state index is 0.216. The number of hydrogen-bond acceptors (Lipinski definition) is 3. The number of nitrogens with one attached hydrogen (secondary N) is 1. The highest BCUT2D eigenvalue weighted by atomic mass is 16.3. The molecular formula is C9H14N2O. The van der Waals surface area contributed by atoms with Crippen molar-refractivity contribution in [1.82, 2.24) is 4.98 Å². The van der Waals surface area contributed by atoms with Crippen molar-refractivity contribution in [2.45, 2.75) is 19.8 Å². The third-order valence-electron chi connectivity index (χ3n) is 1.65. The van der Waals surface area contributed by atoms with Crippen LogP contribution in [0.25, 0.3) is 0 Å². The number of anilines is 1. The first-order valence-corrected chi connectivity index (χ1v) is 4.21. The summed E-state index contributed by atoms with van der Waals surface area (Å²) in [4.78, 5) is 3.78. The fourth-order valence-electron chi connectivity index (χ4n) is 0.935. The summed E-state index contributed by atoms with van der Waals surface area (Å²) in [6, 6.07) is 1.77. The van der Waals surface area contributed by atoms with E-state index in [2.05, 4.69) is 17.2 Å². The van der Waals surface area contributed by atoms with E-state index in [0.717, 1.165) is 25.1 Å². The topological polar surface area (TPSA) is 45.2 Å². The third kappa shape index (κ3) is 2.42. The molecule has 1 heterocycles. The average molecular weight is 166 g/mol. The van der Waals surface area contributed by atoms with Crippen LogP contribution in [0.5, 0.6) is 5.75 Å². The van der Waals surface area contributed by atoms with Crippen molar-refractivity contribution in [3.8, 4) is 5.75 Å². The molecule has 0 saturated carbocycles. The largest absolute Gasteiger partial charge is 0.504 e. The second kappa shape index (κ2) is 4.59. The molecule has 3 nitrogen and oxygen atoms in total. The molecule has 0 aliphatic carbocycles. The molecule has 66 valence electrons. The lowest BCUT2D eigenvalue weighted by molar-refractivity contribution is 0.474. The van der Waals surface area contributed by atoms with Gasteiger partial charge in [0.1, 0.15) is 0 Å². The number of rotatable bonds is 4. The Morgan fingerprint density at radius 2 is 2.42 bits per heavy atom. The van der Waals surface area contributed by atoms with Gasteiger partial charge in [0.05, 0.1) is 11.9 Å². The first-order chi connectivity index (χ1) is 5.84. The molecule has 12 heavy (non-hydrogen) atoms. The Kier molecular flexibility index (Phi) is 3.38. The molecule has 1 aromatic heterocycles. The number of aromatic nitrogens is 1. The Labute approximate surface area is 72.5 Å². The molecule has 2 N–H and O–H groups in total. The van der Waals surface area contributed by atoms with Crippen molar-refractivity contribution in [3.05, 3.63) is 18.5 Å². The molecule has 0 aliphatic rings. The van der Waals surface area contributed by atoms with Gasteiger partial charge in [-0.2, -0.15) is 0 Å². The van der Waals surface area contributed by atoms with Gasteiger partial charge in [-0.1, -0.05) is 13.3 Å². The van der Waals surface area contributed by atoms with Gasteiger partial charge in [-0.15, -0.1) is 0 Å². The zero-order valence-electron chi connectivity index (χ0n) is 7.25. The molecule has 0 amide bonds. The highest BCUT2D eigenvalue weighted by Crippen LogP contribution is 2.19. The highest BCUT2D eigenvalue weighted by Gasteiger charge is 1.96. The minimum absolute atomic E-state index is 0.216. The Hall–Kier alpha value is -1.25. The van der Waals surface area contributed by atoms with Gasteiger partial charge in [0, 0.05) is 12.7 Å². The third-order valence-corrected chi connectivity index (χ3v) is 1.65. The van der Waals surface area contributed by atoms with Gasteiger partial charge in [-0.25, -0.2) is 0 Å². The van der Waals surface area contributed by atoms with Crippen LogP contribution in [0.15, 0.2) is 18.5 Å². The fraction of sp³-hybridized carbons (Fsp3) is 0.444. The van der Waals surface area contributed by atoms with E-state index in [4.69, 9.17) is 0 Å². The second-order valence-corrected chi connectivity index (χ2v) is 2.67. The van der Waals surface area contributed by atoms with E-state index in [1.54, 1.807) is 12.3 Å². The highest BCUT2D eigenvalue weighted by molar-refractivity contribution is 5.53. The number of aromatic hydroxyl groups is 1. The lowest BCUT2D eigenvalue weighted by atomic mass is 10.3. The smallest absolute Gasteiger partial charge is 0.157 e. The molecule has 0 unspecified atom stereocenters. The first-order valence-electron chi connectivity index (χ1n) is 4.21. The van der Waals surface area contributed by atoms with Crippen LogP contribution in [-0.4, -0.2) is 16.6 Å². The van der Waals surface area contributed by atoms with Crippen molar-refractivity contribution >= 4 is 5.69 Å². The quantitative estimate of drug-likeness (QED) is 0.672. The van der Waals surface area contributed by atoms with E-state index in [1.165, 1.54) is 6.20 Å². The number of nitrogens with zero attached hydrogens (tertiary/aromatic N) is 1. The second-order valence-electron chi connectivity index (χ2n) is 2.67. The summed E-state index contributed by atoms with van der Waals surface area (Å²) in [6.07, 6.45) is 5.36.